The lowest BCUT2D eigenvalue weighted by molar-refractivity contribution is -0.128. The molecule has 1 N–H and O–H groups in total. The predicted octanol–water partition coefficient (Wildman–Crippen LogP) is 4.27. The van der Waals surface area contributed by atoms with Crippen molar-refractivity contribution in [2.75, 3.05) is 7.05 Å². The second kappa shape index (κ2) is 7.24. The zero-order valence-corrected chi connectivity index (χ0v) is 18.5. The van der Waals surface area contributed by atoms with Gasteiger partial charge in [0.2, 0.25) is 0 Å². The molecule has 2 amide bonds. The molecule has 1 aromatic heterocycles. The number of halogens is 1. The third-order valence-corrected chi connectivity index (χ3v) is 6.23. The zero-order chi connectivity index (χ0) is 20.9. The molecule has 2 aromatic carbocycles. The van der Waals surface area contributed by atoms with Crippen LogP contribution in [0.5, 0.6) is 0 Å². The SMILES string of the molecule is Cc1cc(/C=C2\C(=O)NC(=S)N(C)C2=O)c(C)n1-c1ccc(Br)c2ccccc12. The lowest BCUT2D eigenvalue weighted by atomic mass is 10.1. The van der Waals surface area contributed by atoms with E-state index in [2.05, 4.69) is 44.0 Å². The molecular formula is C22H18BrN3O2S. The molecule has 0 atom stereocenters. The Bertz CT molecular complexity index is 1240. The minimum absolute atomic E-state index is 0.0713. The van der Waals surface area contributed by atoms with Gasteiger partial charge < -0.3 is 4.57 Å². The Balaban J connectivity index is 1.87. The summed E-state index contributed by atoms with van der Waals surface area (Å²) in [5.41, 5.74) is 3.88. The van der Waals surface area contributed by atoms with Crippen molar-refractivity contribution < 1.29 is 9.59 Å². The number of aryl methyl sites for hydroxylation is 1. The smallest absolute Gasteiger partial charge is 0.265 e. The normalized spacial score (nSPS) is 16.1. The van der Waals surface area contributed by atoms with E-state index >= 15 is 0 Å². The number of aromatic nitrogens is 1. The third kappa shape index (κ3) is 3.20. The number of nitrogens with zero attached hydrogens (tertiary/aromatic N) is 2. The molecule has 0 spiro atoms. The van der Waals surface area contributed by atoms with Crippen LogP contribution >= 0.6 is 28.1 Å². The van der Waals surface area contributed by atoms with Gasteiger partial charge in [0, 0.05) is 28.3 Å². The number of carbonyl (C=O) groups is 2. The zero-order valence-electron chi connectivity index (χ0n) is 16.1. The molecule has 0 aliphatic carbocycles. The van der Waals surface area contributed by atoms with E-state index in [0.29, 0.717) is 0 Å². The van der Waals surface area contributed by atoms with E-state index in [9.17, 15) is 9.59 Å². The number of fused-ring (bicyclic) bond motifs is 1. The molecule has 1 aliphatic heterocycles. The van der Waals surface area contributed by atoms with Crippen LogP contribution in [0, 0.1) is 13.8 Å². The standard InChI is InChI=1S/C22H18BrN3O2S/c1-12-10-14(11-17-20(27)24-22(29)25(3)21(17)28)13(2)26(12)19-9-8-18(23)15-6-4-5-7-16(15)19/h4-11H,1-3H3,(H,24,27,29)/b17-11+. The lowest BCUT2D eigenvalue weighted by Crippen LogP contribution is -2.52. The quantitative estimate of drug-likeness (QED) is 0.347. The molecule has 1 fully saturated rings. The number of hydrogen-bond donors (Lipinski definition) is 1. The summed E-state index contributed by atoms with van der Waals surface area (Å²) in [6.45, 7) is 3.99. The topological polar surface area (TPSA) is 54.3 Å². The number of thiocarbonyl (C=S) groups is 1. The lowest BCUT2D eigenvalue weighted by Gasteiger charge is -2.25. The molecule has 7 heteroatoms. The van der Waals surface area contributed by atoms with Crippen molar-refractivity contribution in [1.29, 1.82) is 0 Å². The first-order valence-corrected chi connectivity index (χ1v) is 10.2. The number of amides is 2. The van der Waals surface area contributed by atoms with E-state index in [1.54, 1.807) is 13.1 Å². The maximum absolute atomic E-state index is 12.5. The van der Waals surface area contributed by atoms with Crippen molar-refractivity contribution in [2.24, 2.45) is 0 Å². The van der Waals surface area contributed by atoms with Crippen LogP contribution in [0.2, 0.25) is 0 Å². The monoisotopic (exact) mass is 467 g/mol. The Kier molecular flexibility index (Phi) is 4.88. The second-order valence-electron chi connectivity index (χ2n) is 6.96. The predicted molar refractivity (Wildman–Crippen MR) is 122 cm³/mol. The van der Waals surface area contributed by atoms with Gasteiger partial charge in [-0.3, -0.25) is 19.8 Å². The highest BCUT2D eigenvalue weighted by Gasteiger charge is 2.31. The van der Waals surface area contributed by atoms with Crippen molar-refractivity contribution in [3.05, 3.63) is 69.5 Å². The molecule has 1 aliphatic rings. The van der Waals surface area contributed by atoms with Crippen molar-refractivity contribution >= 4 is 61.9 Å². The summed E-state index contributed by atoms with van der Waals surface area (Å²) in [6.07, 6.45) is 1.63. The summed E-state index contributed by atoms with van der Waals surface area (Å²) < 4.78 is 3.17. The molecule has 0 bridgehead atoms. The van der Waals surface area contributed by atoms with Gasteiger partial charge >= 0.3 is 0 Å². The highest BCUT2D eigenvalue weighted by molar-refractivity contribution is 9.10. The van der Waals surface area contributed by atoms with Gasteiger partial charge in [-0.05, 0) is 61.3 Å². The van der Waals surface area contributed by atoms with Gasteiger partial charge in [-0.25, -0.2) is 0 Å². The molecule has 0 unspecified atom stereocenters. The molecule has 29 heavy (non-hydrogen) atoms. The summed E-state index contributed by atoms with van der Waals surface area (Å²) in [7, 11) is 1.55. The van der Waals surface area contributed by atoms with Crippen LogP contribution in [0.1, 0.15) is 17.0 Å². The average molecular weight is 468 g/mol. The number of rotatable bonds is 2. The van der Waals surface area contributed by atoms with E-state index in [1.807, 2.05) is 38.1 Å². The first-order chi connectivity index (χ1) is 13.8. The minimum Gasteiger partial charge on any atom is -0.317 e. The number of hydrogen-bond acceptors (Lipinski definition) is 3. The van der Waals surface area contributed by atoms with Gasteiger partial charge in [0.05, 0.1) is 5.69 Å². The van der Waals surface area contributed by atoms with Crippen LogP contribution in [-0.4, -0.2) is 33.4 Å². The first kappa shape index (κ1) is 19.5. The second-order valence-corrected chi connectivity index (χ2v) is 8.20. The van der Waals surface area contributed by atoms with Gasteiger partial charge in [0.15, 0.2) is 5.11 Å². The van der Waals surface area contributed by atoms with E-state index < -0.39 is 11.8 Å². The van der Waals surface area contributed by atoms with E-state index in [1.165, 1.54) is 4.90 Å². The largest absolute Gasteiger partial charge is 0.317 e. The highest BCUT2D eigenvalue weighted by atomic mass is 79.9. The van der Waals surface area contributed by atoms with Crippen molar-refractivity contribution in [1.82, 2.24) is 14.8 Å². The molecule has 5 nitrogen and oxygen atoms in total. The summed E-state index contributed by atoms with van der Waals surface area (Å²) in [4.78, 5) is 26.1. The van der Waals surface area contributed by atoms with Gasteiger partial charge in [-0.15, -0.1) is 0 Å². The van der Waals surface area contributed by atoms with Crippen molar-refractivity contribution in [3.8, 4) is 5.69 Å². The Morgan fingerprint density at radius 3 is 2.48 bits per heavy atom. The molecule has 0 radical (unpaired) electrons. The number of benzene rings is 2. The first-order valence-electron chi connectivity index (χ1n) is 9.01. The van der Waals surface area contributed by atoms with Gasteiger partial charge in [-0.1, -0.05) is 40.2 Å². The highest BCUT2D eigenvalue weighted by Crippen LogP contribution is 2.32. The van der Waals surface area contributed by atoms with E-state index in [4.69, 9.17) is 12.2 Å². The van der Waals surface area contributed by atoms with Gasteiger partial charge in [0.25, 0.3) is 11.8 Å². The molecule has 3 aromatic rings. The summed E-state index contributed by atoms with van der Waals surface area (Å²) >= 11 is 8.63. The fourth-order valence-electron chi connectivity index (χ4n) is 3.65. The van der Waals surface area contributed by atoms with Crippen molar-refractivity contribution in [3.63, 3.8) is 0 Å². The van der Waals surface area contributed by atoms with Crippen LogP contribution in [-0.2, 0) is 9.59 Å². The number of likely N-dealkylation sites (N-methyl/N-ethyl adjacent to an activating group) is 1. The van der Waals surface area contributed by atoms with Gasteiger partial charge in [0.1, 0.15) is 5.57 Å². The van der Waals surface area contributed by atoms with Crippen LogP contribution in [0.25, 0.3) is 22.5 Å². The fourth-order valence-corrected chi connectivity index (χ4v) is 4.30. The Labute approximate surface area is 182 Å². The molecule has 0 saturated carbocycles. The third-order valence-electron chi connectivity index (χ3n) is 5.16. The van der Waals surface area contributed by atoms with Crippen LogP contribution in [0.15, 0.2) is 52.5 Å². The summed E-state index contributed by atoms with van der Waals surface area (Å²) in [5.74, 6) is -0.880. The van der Waals surface area contributed by atoms with Crippen LogP contribution in [0.4, 0.5) is 0 Å². The molecule has 146 valence electrons. The molecule has 2 heterocycles. The minimum atomic E-state index is -0.475. The van der Waals surface area contributed by atoms with E-state index in [0.717, 1.165) is 37.9 Å². The number of carbonyl (C=O) groups excluding carboxylic acids is 2. The Morgan fingerprint density at radius 2 is 1.76 bits per heavy atom. The van der Waals surface area contributed by atoms with Crippen molar-refractivity contribution in [2.45, 2.75) is 13.8 Å². The molecular weight excluding hydrogens is 450 g/mol. The molecule has 4 rings (SSSR count). The maximum Gasteiger partial charge on any atom is 0.265 e. The van der Waals surface area contributed by atoms with Crippen LogP contribution in [0.3, 0.4) is 0 Å². The fraction of sp³-hybridized carbons (Fsp3) is 0.136. The Hall–Kier alpha value is -2.77. The summed E-state index contributed by atoms with van der Waals surface area (Å²) in [6, 6.07) is 14.3. The average Bonchev–Trinajstić information content (AvgIpc) is 2.97. The number of nitrogens with one attached hydrogen (secondary N) is 1. The summed E-state index contributed by atoms with van der Waals surface area (Å²) in [5, 5.41) is 4.90. The Morgan fingerprint density at radius 1 is 1.07 bits per heavy atom. The van der Waals surface area contributed by atoms with E-state index in [-0.39, 0.29) is 10.7 Å². The van der Waals surface area contributed by atoms with Gasteiger partial charge in [-0.2, -0.15) is 0 Å². The maximum atomic E-state index is 12.5. The molecule has 1 saturated heterocycles. The van der Waals surface area contributed by atoms with Crippen LogP contribution < -0.4 is 5.32 Å².